The first-order valence-corrected chi connectivity index (χ1v) is 7.05. The van der Waals surface area contributed by atoms with E-state index < -0.39 is 4.92 Å². The van der Waals surface area contributed by atoms with Gasteiger partial charge in [0.25, 0.3) is 5.69 Å². The number of anilines is 1. The highest BCUT2D eigenvalue weighted by atomic mass is 16.6. The Morgan fingerprint density at radius 2 is 2.18 bits per heavy atom. The van der Waals surface area contributed by atoms with Crippen LogP contribution in [0.1, 0.15) is 12.8 Å². The first kappa shape index (κ1) is 16.0. The highest BCUT2D eigenvalue weighted by molar-refractivity contribution is 5.91. The smallest absolute Gasteiger partial charge is 0.319 e. The molecule has 1 saturated heterocycles. The summed E-state index contributed by atoms with van der Waals surface area (Å²) >= 11 is 0. The number of hydrogen-bond donors (Lipinski definition) is 2. The van der Waals surface area contributed by atoms with Gasteiger partial charge in [-0.05, 0) is 24.8 Å². The molecule has 120 valence electrons. The highest BCUT2D eigenvalue weighted by Gasteiger charge is 2.16. The number of methoxy groups -OCH3 is 1. The fourth-order valence-corrected chi connectivity index (χ4v) is 2.25. The molecule has 1 aromatic rings. The van der Waals surface area contributed by atoms with Crippen LogP contribution in [0.2, 0.25) is 0 Å². The molecule has 0 bridgehead atoms. The molecule has 0 aromatic heterocycles. The summed E-state index contributed by atoms with van der Waals surface area (Å²) in [7, 11) is 1.39. The number of nitrogens with zero attached hydrogens (tertiary/aromatic N) is 1. The lowest BCUT2D eigenvalue weighted by Crippen LogP contribution is -2.35. The van der Waals surface area contributed by atoms with Gasteiger partial charge in [0.1, 0.15) is 5.75 Å². The van der Waals surface area contributed by atoms with Crippen LogP contribution in [0.5, 0.6) is 5.75 Å². The van der Waals surface area contributed by atoms with Gasteiger partial charge in [0, 0.05) is 25.8 Å². The molecule has 0 spiro atoms. The van der Waals surface area contributed by atoms with Crippen LogP contribution in [0, 0.1) is 16.0 Å². The van der Waals surface area contributed by atoms with Gasteiger partial charge in [-0.15, -0.1) is 0 Å². The van der Waals surface area contributed by atoms with E-state index in [9.17, 15) is 14.9 Å². The molecule has 1 aliphatic rings. The average Bonchev–Trinajstić information content (AvgIpc) is 2.54. The van der Waals surface area contributed by atoms with Gasteiger partial charge < -0.3 is 20.1 Å². The predicted octanol–water partition coefficient (Wildman–Crippen LogP) is 2.15. The van der Waals surface area contributed by atoms with E-state index in [4.69, 9.17) is 9.47 Å². The van der Waals surface area contributed by atoms with Crippen molar-refractivity contribution in [3.63, 3.8) is 0 Å². The van der Waals surface area contributed by atoms with Crippen LogP contribution in [0.25, 0.3) is 0 Å². The minimum absolute atomic E-state index is 0.0926. The van der Waals surface area contributed by atoms with Crippen molar-refractivity contribution >= 4 is 17.4 Å². The number of nitrogens with one attached hydrogen (secondary N) is 2. The Hall–Kier alpha value is -2.35. The van der Waals surface area contributed by atoms with Crippen LogP contribution in [0.3, 0.4) is 0 Å². The van der Waals surface area contributed by atoms with Gasteiger partial charge in [-0.1, -0.05) is 0 Å². The lowest BCUT2D eigenvalue weighted by molar-refractivity contribution is -0.384. The summed E-state index contributed by atoms with van der Waals surface area (Å²) in [5, 5.41) is 16.2. The van der Waals surface area contributed by atoms with Crippen molar-refractivity contribution in [3.8, 4) is 5.75 Å². The molecule has 2 N–H and O–H groups in total. The molecule has 1 heterocycles. The maximum atomic E-state index is 11.9. The van der Waals surface area contributed by atoms with Crippen LogP contribution < -0.4 is 15.4 Å². The zero-order valence-corrected chi connectivity index (χ0v) is 12.3. The second-order valence-corrected chi connectivity index (χ2v) is 5.03. The normalized spacial score (nSPS) is 15.1. The molecule has 0 unspecified atom stereocenters. The summed E-state index contributed by atoms with van der Waals surface area (Å²) < 4.78 is 10.3. The molecule has 8 nitrogen and oxygen atoms in total. The second kappa shape index (κ2) is 7.60. The van der Waals surface area contributed by atoms with Crippen LogP contribution in [0.15, 0.2) is 18.2 Å². The number of amides is 2. The summed E-state index contributed by atoms with van der Waals surface area (Å²) in [4.78, 5) is 22.1. The van der Waals surface area contributed by atoms with E-state index in [1.54, 1.807) is 0 Å². The Bertz CT molecular complexity index is 543. The molecule has 2 rings (SSSR count). The molecule has 0 radical (unpaired) electrons. The number of benzene rings is 1. The number of hydrogen-bond acceptors (Lipinski definition) is 5. The minimum Gasteiger partial charge on any atom is -0.494 e. The Balaban J connectivity index is 1.91. The summed E-state index contributed by atoms with van der Waals surface area (Å²) in [5.74, 6) is 0.661. The van der Waals surface area contributed by atoms with E-state index in [0.717, 1.165) is 26.1 Å². The third-order valence-corrected chi connectivity index (χ3v) is 3.54. The molecule has 22 heavy (non-hydrogen) atoms. The third kappa shape index (κ3) is 4.32. The van der Waals surface area contributed by atoms with E-state index in [1.165, 1.54) is 25.3 Å². The molecule has 1 aliphatic heterocycles. The second-order valence-electron chi connectivity index (χ2n) is 5.03. The van der Waals surface area contributed by atoms with Crippen molar-refractivity contribution in [2.45, 2.75) is 12.8 Å². The molecule has 1 fully saturated rings. The quantitative estimate of drug-likeness (QED) is 0.641. The predicted molar refractivity (Wildman–Crippen MR) is 80.2 cm³/mol. The molecule has 8 heteroatoms. The lowest BCUT2D eigenvalue weighted by Gasteiger charge is -2.22. The summed E-state index contributed by atoms with van der Waals surface area (Å²) in [6.45, 7) is 2.03. The largest absolute Gasteiger partial charge is 0.494 e. The highest BCUT2D eigenvalue weighted by Crippen LogP contribution is 2.28. The van der Waals surface area contributed by atoms with Gasteiger partial charge in [0.05, 0.1) is 23.8 Å². The molecule has 0 saturated carbocycles. The summed E-state index contributed by atoms with van der Waals surface area (Å²) in [5.41, 5.74) is 0.294. The Labute approximate surface area is 127 Å². The van der Waals surface area contributed by atoms with Crippen molar-refractivity contribution in [1.82, 2.24) is 5.32 Å². The van der Waals surface area contributed by atoms with Gasteiger partial charge in [-0.25, -0.2) is 4.79 Å². The maximum absolute atomic E-state index is 11.9. The SMILES string of the molecule is COc1cc([N+](=O)[O-])ccc1NC(=O)NCC1CCOCC1. The van der Waals surface area contributed by atoms with Crippen LogP contribution in [0.4, 0.5) is 16.2 Å². The number of carbonyl (C=O) groups excluding carboxylic acids is 1. The Morgan fingerprint density at radius 1 is 1.45 bits per heavy atom. The topological polar surface area (TPSA) is 103 Å². The fourth-order valence-electron chi connectivity index (χ4n) is 2.25. The maximum Gasteiger partial charge on any atom is 0.319 e. The average molecular weight is 309 g/mol. The van der Waals surface area contributed by atoms with E-state index in [-0.39, 0.29) is 17.5 Å². The monoisotopic (exact) mass is 309 g/mol. The molecule has 0 aliphatic carbocycles. The van der Waals surface area contributed by atoms with E-state index in [1.807, 2.05) is 0 Å². The lowest BCUT2D eigenvalue weighted by atomic mass is 10.0. The van der Waals surface area contributed by atoms with E-state index in [0.29, 0.717) is 18.2 Å². The number of nitro groups is 1. The van der Waals surface area contributed by atoms with Crippen LogP contribution in [-0.2, 0) is 4.74 Å². The van der Waals surface area contributed by atoms with E-state index >= 15 is 0 Å². The van der Waals surface area contributed by atoms with Gasteiger partial charge in [0.15, 0.2) is 0 Å². The molecule has 0 atom stereocenters. The number of non-ortho nitro benzene ring substituents is 1. The first-order valence-electron chi connectivity index (χ1n) is 7.05. The van der Waals surface area contributed by atoms with Crippen molar-refractivity contribution in [1.29, 1.82) is 0 Å². The molecular formula is C14H19N3O5. The van der Waals surface area contributed by atoms with Gasteiger partial charge in [-0.3, -0.25) is 10.1 Å². The van der Waals surface area contributed by atoms with Crippen molar-refractivity contribution < 1.29 is 19.2 Å². The first-order chi connectivity index (χ1) is 10.6. The number of carbonyl (C=O) groups is 1. The van der Waals surface area contributed by atoms with Crippen molar-refractivity contribution in [2.75, 3.05) is 32.2 Å². The number of ether oxygens (including phenoxy) is 2. The van der Waals surface area contributed by atoms with Crippen molar-refractivity contribution in [3.05, 3.63) is 28.3 Å². The molecular weight excluding hydrogens is 290 g/mol. The standard InChI is InChI=1S/C14H19N3O5/c1-21-13-8-11(17(19)20)2-3-12(13)16-14(18)15-9-10-4-6-22-7-5-10/h2-3,8,10H,4-7,9H2,1H3,(H2,15,16,18). The van der Waals surface area contributed by atoms with Crippen molar-refractivity contribution in [2.24, 2.45) is 5.92 Å². The van der Waals surface area contributed by atoms with Gasteiger partial charge >= 0.3 is 6.03 Å². The van der Waals surface area contributed by atoms with Gasteiger partial charge in [0.2, 0.25) is 0 Å². The number of nitro benzene ring substituents is 1. The Kier molecular flexibility index (Phi) is 5.54. The molecule has 2 amide bonds. The van der Waals surface area contributed by atoms with Crippen LogP contribution >= 0.6 is 0 Å². The molecule has 1 aromatic carbocycles. The summed E-state index contributed by atoms with van der Waals surface area (Å²) in [6, 6.07) is 3.68. The van der Waals surface area contributed by atoms with Gasteiger partial charge in [-0.2, -0.15) is 0 Å². The number of urea groups is 1. The van der Waals surface area contributed by atoms with E-state index in [2.05, 4.69) is 10.6 Å². The Morgan fingerprint density at radius 3 is 2.82 bits per heavy atom. The zero-order chi connectivity index (χ0) is 15.9. The minimum atomic E-state index is -0.516. The summed E-state index contributed by atoms with van der Waals surface area (Å²) in [6.07, 6.45) is 1.86. The van der Waals surface area contributed by atoms with Crippen LogP contribution in [-0.4, -0.2) is 37.8 Å². The third-order valence-electron chi connectivity index (χ3n) is 3.54. The fraction of sp³-hybridized carbons (Fsp3) is 0.500. The zero-order valence-electron chi connectivity index (χ0n) is 12.3. The number of rotatable bonds is 5.